The number of hydrogen-bond acceptors (Lipinski definition) is 2. The Morgan fingerprint density at radius 1 is 1.17 bits per heavy atom. The summed E-state index contributed by atoms with van der Waals surface area (Å²) >= 11 is 9.68. The molecule has 0 aromatic heterocycles. The zero-order valence-electron chi connectivity index (χ0n) is 7.08. The lowest BCUT2D eigenvalue weighted by molar-refractivity contribution is 1.39. The lowest BCUT2D eigenvalue weighted by Gasteiger charge is -2.12. The quantitative estimate of drug-likeness (QED) is 0.702. The molecule has 0 unspecified atom stereocenters. The van der Waals surface area contributed by atoms with Gasteiger partial charge in [-0.1, -0.05) is 29.8 Å². The number of hydrogen-bond donors (Lipinski definition) is 0. The van der Waals surface area contributed by atoms with Crippen molar-refractivity contribution < 1.29 is 0 Å². The first kappa shape index (κ1) is 10.3. The predicted octanol–water partition coefficient (Wildman–Crippen LogP) is 4.06. The number of halogens is 1. The van der Waals surface area contributed by atoms with E-state index in [2.05, 4.69) is 18.6 Å². The van der Waals surface area contributed by atoms with E-state index in [9.17, 15) is 0 Å². The van der Waals surface area contributed by atoms with Crippen LogP contribution in [0.25, 0.3) is 0 Å². The van der Waals surface area contributed by atoms with E-state index in [4.69, 9.17) is 11.6 Å². The molecule has 1 aromatic rings. The van der Waals surface area contributed by atoms with Crippen LogP contribution in [0.1, 0.15) is 10.1 Å². The van der Waals surface area contributed by atoms with Crippen LogP contribution in [0, 0.1) is 0 Å². The van der Waals surface area contributed by atoms with E-state index in [0.717, 1.165) is 5.02 Å². The van der Waals surface area contributed by atoms with Crippen molar-refractivity contribution in [3.8, 4) is 0 Å². The van der Waals surface area contributed by atoms with Crippen LogP contribution in [0.4, 0.5) is 0 Å². The van der Waals surface area contributed by atoms with Crippen molar-refractivity contribution in [2.24, 2.45) is 0 Å². The van der Waals surface area contributed by atoms with Gasteiger partial charge < -0.3 is 0 Å². The standard InChI is InChI=1S/C9H11ClS2/c1-11-9(12-2)7-5-3-4-6-8(7)10/h3-6,9H,1-2H3. The lowest BCUT2D eigenvalue weighted by Crippen LogP contribution is -1.87. The maximum atomic E-state index is 6.05. The summed E-state index contributed by atoms with van der Waals surface area (Å²) in [6.07, 6.45) is 4.20. The zero-order chi connectivity index (χ0) is 8.97. The molecule has 0 aliphatic heterocycles. The van der Waals surface area contributed by atoms with Gasteiger partial charge in [-0.25, -0.2) is 0 Å². The van der Waals surface area contributed by atoms with Crippen molar-refractivity contribution in [2.75, 3.05) is 12.5 Å². The van der Waals surface area contributed by atoms with Crippen LogP contribution in [-0.2, 0) is 0 Å². The molecule has 66 valence electrons. The summed E-state index contributed by atoms with van der Waals surface area (Å²) in [5.74, 6) is 0. The third-order valence-corrected chi connectivity index (χ3v) is 4.45. The Morgan fingerprint density at radius 2 is 1.75 bits per heavy atom. The summed E-state index contributed by atoms with van der Waals surface area (Å²) in [4.78, 5) is 0. The molecule has 0 aliphatic carbocycles. The van der Waals surface area contributed by atoms with E-state index in [0.29, 0.717) is 4.58 Å². The van der Waals surface area contributed by atoms with Gasteiger partial charge in [-0.3, -0.25) is 0 Å². The van der Waals surface area contributed by atoms with Gasteiger partial charge in [-0.2, -0.15) is 0 Å². The fourth-order valence-corrected chi connectivity index (χ4v) is 3.08. The Bertz CT molecular complexity index is 246. The fraction of sp³-hybridized carbons (Fsp3) is 0.333. The van der Waals surface area contributed by atoms with Crippen LogP contribution in [0.15, 0.2) is 24.3 Å². The van der Waals surface area contributed by atoms with E-state index >= 15 is 0 Å². The minimum absolute atomic E-state index is 0.457. The van der Waals surface area contributed by atoms with Gasteiger partial charge in [0.05, 0.1) is 4.58 Å². The molecule has 0 bridgehead atoms. The maximum Gasteiger partial charge on any atom is 0.0760 e. The smallest absolute Gasteiger partial charge is 0.0760 e. The Hall–Kier alpha value is 0.210. The summed E-state index contributed by atoms with van der Waals surface area (Å²) in [5.41, 5.74) is 1.22. The second-order valence-electron chi connectivity index (χ2n) is 2.32. The Kier molecular flexibility index (Phi) is 4.33. The highest BCUT2D eigenvalue weighted by molar-refractivity contribution is 8.15. The average Bonchev–Trinajstić information content (AvgIpc) is 2.10. The fourth-order valence-electron chi connectivity index (χ4n) is 1.02. The first-order chi connectivity index (χ1) is 5.79. The molecule has 1 aromatic carbocycles. The van der Waals surface area contributed by atoms with Crippen LogP contribution in [0.2, 0.25) is 5.02 Å². The van der Waals surface area contributed by atoms with Gasteiger partial charge in [0.15, 0.2) is 0 Å². The molecule has 1 rings (SSSR count). The van der Waals surface area contributed by atoms with Crippen molar-refractivity contribution >= 4 is 35.1 Å². The largest absolute Gasteiger partial charge is 0.146 e. The highest BCUT2D eigenvalue weighted by Gasteiger charge is 2.10. The van der Waals surface area contributed by atoms with Crippen LogP contribution in [-0.4, -0.2) is 12.5 Å². The van der Waals surface area contributed by atoms with E-state index in [-0.39, 0.29) is 0 Å². The summed E-state index contributed by atoms with van der Waals surface area (Å²) in [6, 6.07) is 8.01. The van der Waals surface area contributed by atoms with E-state index in [1.807, 2.05) is 41.7 Å². The van der Waals surface area contributed by atoms with Crippen LogP contribution in [0.3, 0.4) is 0 Å². The highest BCUT2D eigenvalue weighted by atomic mass is 35.5. The molecule has 0 aliphatic rings. The summed E-state index contributed by atoms with van der Waals surface area (Å²) in [6.45, 7) is 0. The van der Waals surface area contributed by atoms with Gasteiger partial charge in [-0.05, 0) is 24.1 Å². The second kappa shape index (κ2) is 5.05. The van der Waals surface area contributed by atoms with Gasteiger partial charge in [0.1, 0.15) is 0 Å². The molecule has 12 heavy (non-hydrogen) atoms. The molecule has 0 amide bonds. The molecular formula is C9H11ClS2. The Labute approximate surface area is 87.1 Å². The van der Waals surface area contributed by atoms with Crippen molar-refractivity contribution in [1.82, 2.24) is 0 Å². The van der Waals surface area contributed by atoms with Crippen LogP contribution >= 0.6 is 35.1 Å². The average molecular weight is 219 g/mol. The van der Waals surface area contributed by atoms with E-state index in [1.165, 1.54) is 5.56 Å². The molecule has 0 N–H and O–H groups in total. The van der Waals surface area contributed by atoms with Gasteiger partial charge in [0.25, 0.3) is 0 Å². The van der Waals surface area contributed by atoms with E-state index < -0.39 is 0 Å². The third kappa shape index (κ3) is 2.35. The third-order valence-electron chi connectivity index (χ3n) is 1.59. The summed E-state index contributed by atoms with van der Waals surface area (Å²) in [5, 5.41) is 0.867. The molecule has 0 nitrogen and oxygen atoms in total. The van der Waals surface area contributed by atoms with Gasteiger partial charge in [0, 0.05) is 5.02 Å². The summed E-state index contributed by atoms with van der Waals surface area (Å²) in [7, 11) is 0. The Morgan fingerprint density at radius 3 is 2.25 bits per heavy atom. The minimum Gasteiger partial charge on any atom is -0.146 e. The number of benzene rings is 1. The van der Waals surface area contributed by atoms with Crippen LogP contribution < -0.4 is 0 Å². The molecule has 0 heterocycles. The monoisotopic (exact) mass is 218 g/mol. The van der Waals surface area contributed by atoms with Gasteiger partial charge >= 0.3 is 0 Å². The molecule has 0 fully saturated rings. The lowest BCUT2D eigenvalue weighted by atomic mass is 10.2. The second-order valence-corrected chi connectivity index (χ2v) is 4.92. The molecule has 3 heteroatoms. The van der Waals surface area contributed by atoms with Gasteiger partial charge in [-0.15, -0.1) is 23.5 Å². The molecule has 0 atom stereocenters. The number of thioether (sulfide) groups is 2. The van der Waals surface area contributed by atoms with Crippen LogP contribution in [0.5, 0.6) is 0 Å². The minimum atomic E-state index is 0.457. The van der Waals surface area contributed by atoms with E-state index in [1.54, 1.807) is 0 Å². The van der Waals surface area contributed by atoms with Crippen molar-refractivity contribution in [3.05, 3.63) is 34.9 Å². The molecule has 0 radical (unpaired) electrons. The topological polar surface area (TPSA) is 0 Å². The van der Waals surface area contributed by atoms with Crippen molar-refractivity contribution in [3.63, 3.8) is 0 Å². The molecule has 0 saturated carbocycles. The highest BCUT2D eigenvalue weighted by Crippen LogP contribution is 2.39. The summed E-state index contributed by atoms with van der Waals surface area (Å²) < 4.78 is 0.457. The number of rotatable bonds is 3. The Balaban J connectivity index is 2.92. The SMILES string of the molecule is CSC(SC)c1ccccc1Cl. The van der Waals surface area contributed by atoms with Crippen molar-refractivity contribution in [1.29, 1.82) is 0 Å². The normalized spacial score (nSPS) is 10.7. The molecule has 0 saturated heterocycles. The molecular weight excluding hydrogens is 208 g/mol. The van der Waals surface area contributed by atoms with Crippen molar-refractivity contribution in [2.45, 2.75) is 4.58 Å². The predicted molar refractivity (Wildman–Crippen MR) is 61.2 cm³/mol. The molecule has 0 spiro atoms. The zero-order valence-corrected chi connectivity index (χ0v) is 9.47. The maximum absolute atomic E-state index is 6.05. The first-order valence-corrected chi connectivity index (χ1v) is 6.55. The van der Waals surface area contributed by atoms with Gasteiger partial charge in [0.2, 0.25) is 0 Å². The first-order valence-electron chi connectivity index (χ1n) is 3.59.